The molecule has 0 bridgehead atoms. The van der Waals surface area contributed by atoms with E-state index in [1.54, 1.807) is 7.11 Å². The lowest BCUT2D eigenvalue weighted by atomic mass is 9.99. The smallest absolute Gasteiger partial charge is 0.119 e. The van der Waals surface area contributed by atoms with Gasteiger partial charge in [-0.3, -0.25) is 4.90 Å². The largest absolute Gasteiger partial charge is 0.497 e. The van der Waals surface area contributed by atoms with E-state index in [0.717, 1.165) is 58.1 Å². The number of aliphatic hydroxyl groups is 1. The van der Waals surface area contributed by atoms with Crippen LogP contribution in [-0.2, 0) is 0 Å². The second kappa shape index (κ2) is 8.52. The molecule has 3 aromatic rings. The molecule has 1 aliphatic heterocycles. The van der Waals surface area contributed by atoms with E-state index in [0.29, 0.717) is 6.54 Å². The van der Waals surface area contributed by atoms with E-state index in [1.807, 2.05) is 36.0 Å². The average molecular weight is 395 g/mol. The molecule has 1 N–H and O–H groups in total. The SMILES string of the molecule is COc1ccc2nc(-c3ccc(C)cc3)cc(C(O)CN3CCSCC3)c2c1. The molecular weight excluding hydrogens is 368 g/mol. The van der Waals surface area contributed by atoms with Crippen molar-refractivity contribution < 1.29 is 9.84 Å². The van der Waals surface area contributed by atoms with Gasteiger partial charge in [-0.15, -0.1) is 0 Å². The van der Waals surface area contributed by atoms with Gasteiger partial charge in [0.15, 0.2) is 0 Å². The Kier molecular flexibility index (Phi) is 5.85. The minimum Gasteiger partial charge on any atom is -0.497 e. The van der Waals surface area contributed by atoms with Crippen LogP contribution < -0.4 is 4.74 Å². The number of benzene rings is 2. The van der Waals surface area contributed by atoms with Gasteiger partial charge in [0.1, 0.15) is 5.75 Å². The molecule has 146 valence electrons. The Balaban J connectivity index is 1.77. The Labute approximate surface area is 170 Å². The molecule has 0 radical (unpaired) electrons. The minimum absolute atomic E-state index is 0.565. The van der Waals surface area contributed by atoms with Crippen LogP contribution in [0, 0.1) is 6.92 Å². The summed E-state index contributed by atoms with van der Waals surface area (Å²) in [7, 11) is 1.66. The molecule has 1 aliphatic rings. The van der Waals surface area contributed by atoms with Crippen molar-refractivity contribution in [3.63, 3.8) is 0 Å². The minimum atomic E-state index is -0.565. The Morgan fingerprint density at radius 3 is 2.57 bits per heavy atom. The maximum absolute atomic E-state index is 11.1. The number of aliphatic hydroxyl groups excluding tert-OH is 1. The number of methoxy groups -OCH3 is 1. The summed E-state index contributed by atoms with van der Waals surface area (Å²) in [6.07, 6.45) is -0.565. The van der Waals surface area contributed by atoms with E-state index in [1.165, 1.54) is 5.56 Å². The summed E-state index contributed by atoms with van der Waals surface area (Å²) >= 11 is 1.98. The molecule has 0 amide bonds. The molecule has 5 heteroatoms. The van der Waals surface area contributed by atoms with Gasteiger partial charge in [-0.1, -0.05) is 29.8 Å². The van der Waals surface area contributed by atoms with Gasteiger partial charge in [-0.2, -0.15) is 11.8 Å². The van der Waals surface area contributed by atoms with Crippen LogP contribution in [0.2, 0.25) is 0 Å². The Hall–Kier alpha value is -2.08. The zero-order valence-electron chi connectivity index (χ0n) is 16.4. The Morgan fingerprint density at radius 2 is 1.86 bits per heavy atom. The highest BCUT2D eigenvalue weighted by Gasteiger charge is 2.20. The van der Waals surface area contributed by atoms with Crippen LogP contribution in [0.5, 0.6) is 5.75 Å². The fraction of sp³-hybridized carbons (Fsp3) is 0.348. The molecule has 0 spiro atoms. The number of thioether (sulfide) groups is 1. The maximum Gasteiger partial charge on any atom is 0.119 e. The number of nitrogens with zero attached hydrogens (tertiary/aromatic N) is 2. The van der Waals surface area contributed by atoms with Crippen molar-refractivity contribution in [3.8, 4) is 17.0 Å². The topological polar surface area (TPSA) is 45.6 Å². The predicted octanol–water partition coefficient (Wildman–Crippen LogP) is 4.30. The van der Waals surface area contributed by atoms with Crippen LogP contribution >= 0.6 is 11.8 Å². The van der Waals surface area contributed by atoms with Crippen molar-refractivity contribution in [3.05, 3.63) is 59.7 Å². The molecule has 4 rings (SSSR count). The molecular formula is C23H26N2O2S. The highest BCUT2D eigenvalue weighted by Crippen LogP contribution is 2.32. The molecule has 1 aromatic heterocycles. The lowest BCUT2D eigenvalue weighted by molar-refractivity contribution is 0.120. The molecule has 0 saturated carbocycles. The van der Waals surface area contributed by atoms with Gasteiger partial charge in [0, 0.05) is 42.1 Å². The van der Waals surface area contributed by atoms with Crippen LogP contribution in [0.15, 0.2) is 48.5 Å². The summed E-state index contributed by atoms with van der Waals surface area (Å²) in [4.78, 5) is 7.20. The quantitative estimate of drug-likeness (QED) is 0.699. The Bertz CT molecular complexity index is 953. The number of hydrogen-bond donors (Lipinski definition) is 1. The number of fused-ring (bicyclic) bond motifs is 1. The number of hydrogen-bond acceptors (Lipinski definition) is 5. The summed E-state index contributed by atoms with van der Waals surface area (Å²) in [5.74, 6) is 3.04. The highest BCUT2D eigenvalue weighted by molar-refractivity contribution is 7.99. The van der Waals surface area contributed by atoms with Crippen molar-refractivity contribution in [2.75, 3.05) is 38.2 Å². The van der Waals surface area contributed by atoms with Gasteiger partial charge in [-0.25, -0.2) is 4.98 Å². The second-order valence-electron chi connectivity index (χ2n) is 7.27. The van der Waals surface area contributed by atoms with E-state index in [9.17, 15) is 5.11 Å². The summed E-state index contributed by atoms with van der Waals surface area (Å²) in [5.41, 5.74) is 4.96. The van der Waals surface area contributed by atoms with Crippen molar-refractivity contribution in [1.82, 2.24) is 9.88 Å². The van der Waals surface area contributed by atoms with Crippen LogP contribution in [0.25, 0.3) is 22.2 Å². The van der Waals surface area contributed by atoms with E-state index in [-0.39, 0.29) is 0 Å². The van der Waals surface area contributed by atoms with E-state index in [2.05, 4.69) is 36.1 Å². The number of aromatic nitrogens is 1. The van der Waals surface area contributed by atoms with Gasteiger partial charge < -0.3 is 9.84 Å². The first-order chi connectivity index (χ1) is 13.6. The van der Waals surface area contributed by atoms with E-state index >= 15 is 0 Å². The third-order valence-corrected chi connectivity index (χ3v) is 6.23. The first-order valence-corrected chi connectivity index (χ1v) is 10.8. The molecule has 1 fully saturated rings. The molecule has 4 nitrogen and oxygen atoms in total. The number of pyridine rings is 1. The fourth-order valence-electron chi connectivity index (χ4n) is 3.63. The molecule has 28 heavy (non-hydrogen) atoms. The van der Waals surface area contributed by atoms with Gasteiger partial charge >= 0.3 is 0 Å². The number of β-amino-alcohol motifs (C(OH)–C–C–N with tert-alkyl or cyclic N) is 1. The first-order valence-electron chi connectivity index (χ1n) is 9.68. The van der Waals surface area contributed by atoms with Crippen LogP contribution in [-0.4, -0.2) is 53.2 Å². The van der Waals surface area contributed by atoms with Crippen LogP contribution in [0.4, 0.5) is 0 Å². The maximum atomic E-state index is 11.1. The monoisotopic (exact) mass is 394 g/mol. The lowest BCUT2D eigenvalue weighted by Gasteiger charge is -2.28. The second-order valence-corrected chi connectivity index (χ2v) is 8.50. The highest BCUT2D eigenvalue weighted by atomic mass is 32.2. The normalized spacial score (nSPS) is 16.2. The van der Waals surface area contributed by atoms with Crippen molar-refractivity contribution in [2.45, 2.75) is 13.0 Å². The third-order valence-electron chi connectivity index (χ3n) is 5.29. The van der Waals surface area contributed by atoms with Crippen LogP contribution in [0.3, 0.4) is 0 Å². The average Bonchev–Trinajstić information content (AvgIpc) is 2.73. The fourth-order valence-corrected chi connectivity index (χ4v) is 4.61. The van der Waals surface area contributed by atoms with Gasteiger partial charge in [-0.05, 0) is 36.8 Å². The summed E-state index contributed by atoms with van der Waals surface area (Å²) < 4.78 is 5.41. The molecule has 2 aromatic carbocycles. The number of rotatable bonds is 5. The number of aryl methyl sites for hydroxylation is 1. The van der Waals surface area contributed by atoms with Crippen molar-refractivity contribution >= 4 is 22.7 Å². The molecule has 2 heterocycles. The molecule has 1 unspecified atom stereocenters. The standard InChI is InChI=1S/C23H26N2O2S/c1-16-3-5-17(6-4-16)22-14-20(23(26)15-25-9-11-28-12-10-25)19-13-18(27-2)7-8-21(19)24-22/h3-8,13-14,23,26H,9-12,15H2,1-2H3. The Morgan fingerprint density at radius 1 is 1.11 bits per heavy atom. The van der Waals surface area contributed by atoms with Gasteiger partial charge in [0.25, 0.3) is 0 Å². The predicted molar refractivity (Wildman–Crippen MR) is 117 cm³/mol. The molecule has 1 saturated heterocycles. The molecule has 0 aliphatic carbocycles. The zero-order valence-corrected chi connectivity index (χ0v) is 17.2. The number of ether oxygens (including phenoxy) is 1. The summed E-state index contributed by atoms with van der Waals surface area (Å²) in [5, 5.41) is 12.1. The summed E-state index contributed by atoms with van der Waals surface area (Å²) in [6.45, 7) is 4.78. The van der Waals surface area contributed by atoms with Crippen molar-refractivity contribution in [1.29, 1.82) is 0 Å². The van der Waals surface area contributed by atoms with Gasteiger partial charge in [0.2, 0.25) is 0 Å². The third kappa shape index (κ3) is 4.17. The lowest BCUT2D eigenvalue weighted by Crippen LogP contribution is -2.35. The first kappa shape index (κ1) is 19.2. The van der Waals surface area contributed by atoms with Crippen LogP contribution in [0.1, 0.15) is 17.2 Å². The zero-order chi connectivity index (χ0) is 19.5. The summed E-state index contributed by atoms with van der Waals surface area (Å²) in [6, 6.07) is 16.3. The van der Waals surface area contributed by atoms with E-state index in [4.69, 9.17) is 9.72 Å². The van der Waals surface area contributed by atoms with Gasteiger partial charge in [0.05, 0.1) is 24.4 Å². The molecule has 1 atom stereocenters. The van der Waals surface area contributed by atoms with Crippen molar-refractivity contribution in [2.24, 2.45) is 0 Å². The van der Waals surface area contributed by atoms with E-state index < -0.39 is 6.10 Å².